The number of aryl methyl sites for hydroxylation is 1. The van der Waals surface area contributed by atoms with Crippen molar-refractivity contribution in [3.63, 3.8) is 0 Å². The lowest BCUT2D eigenvalue weighted by Crippen LogP contribution is -2.24. The number of fused-ring (bicyclic) bond motifs is 1. The summed E-state index contributed by atoms with van der Waals surface area (Å²) < 4.78 is 0. The first-order chi connectivity index (χ1) is 9.79. The molecule has 0 saturated heterocycles. The van der Waals surface area contributed by atoms with Gasteiger partial charge in [-0.3, -0.25) is 9.78 Å². The number of unbranched alkanes of at least 4 members (excludes halogenated alkanes) is 1. The maximum absolute atomic E-state index is 11.2. The first-order valence-corrected chi connectivity index (χ1v) is 6.99. The average molecular weight is 279 g/mol. The van der Waals surface area contributed by atoms with Gasteiger partial charge in [0.1, 0.15) is 0 Å². The summed E-state index contributed by atoms with van der Waals surface area (Å²) in [5.74, 6) is -0.205. The summed E-state index contributed by atoms with van der Waals surface area (Å²) in [4.78, 5) is 20.3. The fourth-order valence-corrected chi connectivity index (χ4v) is 2.28. The van der Waals surface area contributed by atoms with Gasteiger partial charge in [0.15, 0.2) is 6.79 Å². The fraction of sp³-hybridized carbons (Fsp3) is 0.571. The number of carbonyl (C=O) groups is 1. The Bertz CT molecular complexity index is 451. The van der Waals surface area contributed by atoms with E-state index >= 15 is 0 Å². The molecular weight excluding hydrogens is 258 g/mol. The van der Waals surface area contributed by atoms with Gasteiger partial charge in [-0.25, -0.2) is 10.3 Å². The van der Waals surface area contributed by atoms with Crippen LogP contribution in [0.2, 0.25) is 0 Å². The molecule has 1 amide bonds. The Morgan fingerprint density at radius 3 is 3.20 bits per heavy atom. The summed E-state index contributed by atoms with van der Waals surface area (Å²) in [5, 5.41) is 11.7. The molecule has 1 aliphatic rings. The number of aliphatic hydroxyl groups excluding tert-OH is 1. The van der Waals surface area contributed by atoms with E-state index < -0.39 is 6.79 Å². The molecule has 6 heteroatoms. The van der Waals surface area contributed by atoms with Crippen LogP contribution in [0.1, 0.15) is 36.2 Å². The van der Waals surface area contributed by atoms with E-state index in [-0.39, 0.29) is 5.91 Å². The van der Waals surface area contributed by atoms with Crippen molar-refractivity contribution in [2.45, 2.75) is 38.6 Å². The van der Waals surface area contributed by atoms with Crippen LogP contribution < -0.4 is 10.8 Å². The normalized spacial score (nSPS) is 13.8. The van der Waals surface area contributed by atoms with E-state index in [1.165, 1.54) is 11.3 Å². The summed E-state index contributed by atoms with van der Waals surface area (Å²) in [5.41, 5.74) is 5.75. The van der Waals surface area contributed by atoms with Crippen LogP contribution in [-0.4, -0.2) is 29.3 Å². The molecule has 0 aromatic carbocycles. The maximum Gasteiger partial charge on any atom is 0.243 e. The lowest BCUT2D eigenvalue weighted by atomic mass is 10.0. The van der Waals surface area contributed by atoms with Crippen LogP contribution in [0.3, 0.4) is 0 Å². The molecule has 0 aliphatic carbocycles. The van der Waals surface area contributed by atoms with Gasteiger partial charge < -0.3 is 10.4 Å². The monoisotopic (exact) mass is 279 g/mol. The highest BCUT2D eigenvalue weighted by Gasteiger charge is 2.10. The molecule has 3 N–H and O–H groups in total. The predicted molar refractivity (Wildman–Crippen MR) is 73.5 cm³/mol. The smallest absolute Gasteiger partial charge is 0.243 e. The Kier molecular flexibility index (Phi) is 5.91. The second kappa shape index (κ2) is 7.94. The van der Waals surface area contributed by atoms with Crippen molar-refractivity contribution in [2.75, 3.05) is 13.3 Å². The Morgan fingerprint density at radius 2 is 2.35 bits per heavy atom. The topological polar surface area (TPSA) is 83.5 Å². The van der Waals surface area contributed by atoms with Gasteiger partial charge in [-0.1, -0.05) is 6.07 Å². The minimum absolute atomic E-state index is 0.205. The molecule has 0 atom stereocenters. The zero-order valence-electron chi connectivity index (χ0n) is 11.5. The van der Waals surface area contributed by atoms with E-state index in [1.807, 2.05) is 0 Å². The van der Waals surface area contributed by atoms with E-state index in [0.29, 0.717) is 6.42 Å². The van der Waals surface area contributed by atoms with E-state index in [4.69, 9.17) is 5.11 Å². The van der Waals surface area contributed by atoms with Crippen molar-refractivity contribution < 1.29 is 14.7 Å². The van der Waals surface area contributed by atoms with Gasteiger partial charge in [-0.2, -0.15) is 0 Å². The molecule has 2 rings (SSSR count). The Morgan fingerprint density at radius 1 is 1.45 bits per heavy atom. The van der Waals surface area contributed by atoms with Crippen molar-refractivity contribution in [2.24, 2.45) is 0 Å². The number of nitrogens with one attached hydrogen (secondary N) is 2. The van der Waals surface area contributed by atoms with Crippen LogP contribution in [0.15, 0.2) is 12.1 Å². The third-order valence-electron chi connectivity index (χ3n) is 3.32. The molecule has 6 nitrogen and oxygen atoms in total. The highest BCUT2D eigenvalue weighted by Crippen LogP contribution is 2.13. The molecule has 0 bridgehead atoms. The number of carbonyl (C=O) groups excluding carboxylic acids is 1. The summed E-state index contributed by atoms with van der Waals surface area (Å²) in [6, 6.07) is 4.21. The van der Waals surface area contributed by atoms with Gasteiger partial charge in [0.05, 0.1) is 0 Å². The number of amides is 1. The molecular formula is C14H21N3O3. The number of pyridine rings is 1. The van der Waals surface area contributed by atoms with Crippen LogP contribution in [0, 0.1) is 0 Å². The number of nitrogens with zero attached hydrogens (tertiary/aromatic N) is 1. The van der Waals surface area contributed by atoms with Crippen molar-refractivity contribution >= 4 is 5.91 Å². The van der Waals surface area contributed by atoms with Gasteiger partial charge in [-0.05, 0) is 30.9 Å². The van der Waals surface area contributed by atoms with Gasteiger partial charge in [0.25, 0.3) is 0 Å². The fourth-order valence-electron chi connectivity index (χ4n) is 2.28. The van der Waals surface area contributed by atoms with E-state index in [9.17, 15) is 4.79 Å². The van der Waals surface area contributed by atoms with E-state index in [0.717, 1.165) is 44.5 Å². The largest absolute Gasteiger partial charge is 0.368 e. The number of hydrogen-bond donors (Lipinski definition) is 3. The molecule has 1 aliphatic heterocycles. The Labute approximate surface area is 118 Å². The van der Waals surface area contributed by atoms with Crippen LogP contribution in [-0.2, 0) is 29.0 Å². The lowest BCUT2D eigenvalue weighted by molar-refractivity contribution is -0.141. The van der Waals surface area contributed by atoms with Crippen molar-refractivity contribution in [1.82, 2.24) is 15.8 Å². The van der Waals surface area contributed by atoms with Crippen molar-refractivity contribution in [3.05, 3.63) is 29.1 Å². The maximum atomic E-state index is 11.2. The summed E-state index contributed by atoms with van der Waals surface area (Å²) in [6.07, 6.45) is 3.96. The zero-order valence-corrected chi connectivity index (χ0v) is 11.5. The van der Waals surface area contributed by atoms with Crippen LogP contribution >= 0.6 is 0 Å². The van der Waals surface area contributed by atoms with Gasteiger partial charge in [-0.15, -0.1) is 0 Å². The predicted octanol–water partition coefficient (Wildman–Crippen LogP) is 0.438. The number of hydrogen-bond acceptors (Lipinski definition) is 5. The average Bonchev–Trinajstić information content (AvgIpc) is 2.49. The van der Waals surface area contributed by atoms with Crippen LogP contribution in [0.25, 0.3) is 0 Å². The third kappa shape index (κ3) is 4.56. The molecule has 0 fully saturated rings. The molecule has 1 aromatic rings. The van der Waals surface area contributed by atoms with Crippen molar-refractivity contribution in [3.8, 4) is 0 Å². The number of aromatic nitrogens is 1. The highest BCUT2D eigenvalue weighted by molar-refractivity contribution is 5.74. The number of hydroxylamine groups is 1. The summed E-state index contributed by atoms with van der Waals surface area (Å²) >= 11 is 0. The Hall–Kier alpha value is -1.50. The van der Waals surface area contributed by atoms with Crippen LogP contribution in [0.4, 0.5) is 0 Å². The van der Waals surface area contributed by atoms with Gasteiger partial charge in [0.2, 0.25) is 5.91 Å². The third-order valence-corrected chi connectivity index (χ3v) is 3.32. The molecule has 20 heavy (non-hydrogen) atoms. The summed E-state index contributed by atoms with van der Waals surface area (Å²) in [6.45, 7) is 1.40. The van der Waals surface area contributed by atoms with Crippen LogP contribution in [0.5, 0.6) is 0 Å². The molecule has 110 valence electrons. The molecule has 0 spiro atoms. The molecule has 1 aromatic heterocycles. The quantitative estimate of drug-likeness (QED) is 0.383. The first kappa shape index (κ1) is 14.9. The molecule has 0 saturated carbocycles. The first-order valence-electron chi connectivity index (χ1n) is 6.99. The minimum atomic E-state index is -0.500. The van der Waals surface area contributed by atoms with Crippen molar-refractivity contribution in [1.29, 1.82) is 0 Å². The SMILES string of the molecule is O=C(CCCCc1ccc2c(n1)CCNC2)NOCO. The Balaban J connectivity index is 1.70. The number of aliphatic hydroxyl groups is 1. The van der Waals surface area contributed by atoms with E-state index in [1.54, 1.807) is 0 Å². The standard InChI is InChI=1S/C14H21N3O3/c18-10-20-17-14(19)4-2-1-3-12-6-5-11-9-15-8-7-13(11)16-12/h5-6,15,18H,1-4,7-10H2,(H,17,19). The second-order valence-electron chi connectivity index (χ2n) is 4.84. The minimum Gasteiger partial charge on any atom is -0.368 e. The zero-order chi connectivity index (χ0) is 14.2. The number of rotatable bonds is 7. The lowest BCUT2D eigenvalue weighted by Gasteiger charge is -2.16. The highest BCUT2D eigenvalue weighted by atomic mass is 16.7. The van der Waals surface area contributed by atoms with Gasteiger partial charge >= 0.3 is 0 Å². The van der Waals surface area contributed by atoms with Gasteiger partial charge in [0, 0.05) is 37.3 Å². The summed E-state index contributed by atoms with van der Waals surface area (Å²) in [7, 11) is 0. The molecule has 0 unspecified atom stereocenters. The molecule has 2 heterocycles. The molecule has 0 radical (unpaired) electrons. The second-order valence-corrected chi connectivity index (χ2v) is 4.84. The van der Waals surface area contributed by atoms with E-state index in [2.05, 4.69) is 32.8 Å².